The van der Waals surface area contributed by atoms with Gasteiger partial charge in [0.25, 0.3) is 0 Å². The van der Waals surface area contributed by atoms with Crippen molar-refractivity contribution in [3.63, 3.8) is 0 Å². The number of hydrogen-bond acceptors (Lipinski definition) is 5. The monoisotopic (exact) mass is 248 g/mol. The standard InChI is InChI=1S/C12H12N2O2S/c1-3-16-12(15)9-6-7-13-11(14-9)10-5-4-8(2)17-10/h4-7H,3H2,1-2H3. The van der Waals surface area contributed by atoms with Gasteiger partial charge < -0.3 is 4.74 Å². The third-order valence-corrected chi connectivity index (χ3v) is 3.10. The lowest BCUT2D eigenvalue weighted by atomic mass is 10.3. The minimum Gasteiger partial charge on any atom is -0.461 e. The average molecular weight is 248 g/mol. The smallest absolute Gasteiger partial charge is 0.357 e. The molecule has 0 saturated heterocycles. The molecule has 0 saturated carbocycles. The molecule has 5 heteroatoms. The number of aryl methyl sites for hydroxylation is 1. The predicted molar refractivity (Wildman–Crippen MR) is 66.0 cm³/mol. The molecule has 0 atom stereocenters. The van der Waals surface area contributed by atoms with Gasteiger partial charge in [-0.1, -0.05) is 0 Å². The quantitative estimate of drug-likeness (QED) is 0.784. The van der Waals surface area contributed by atoms with Crippen molar-refractivity contribution in [2.24, 2.45) is 0 Å². The van der Waals surface area contributed by atoms with Gasteiger partial charge in [-0.3, -0.25) is 0 Å². The summed E-state index contributed by atoms with van der Waals surface area (Å²) in [6.07, 6.45) is 1.57. The molecule has 2 aromatic rings. The number of esters is 1. The molecule has 0 amide bonds. The molecule has 0 aliphatic carbocycles. The Bertz CT molecular complexity index is 537. The number of nitrogens with zero attached hydrogens (tertiary/aromatic N) is 2. The van der Waals surface area contributed by atoms with E-state index >= 15 is 0 Å². The van der Waals surface area contributed by atoms with E-state index in [0.717, 1.165) is 4.88 Å². The van der Waals surface area contributed by atoms with E-state index in [0.29, 0.717) is 18.1 Å². The minimum absolute atomic E-state index is 0.294. The molecule has 88 valence electrons. The van der Waals surface area contributed by atoms with E-state index < -0.39 is 5.97 Å². The second-order valence-corrected chi connectivity index (χ2v) is 4.68. The summed E-state index contributed by atoms with van der Waals surface area (Å²) in [6.45, 7) is 4.13. The molecule has 4 nitrogen and oxygen atoms in total. The van der Waals surface area contributed by atoms with Crippen molar-refractivity contribution in [3.8, 4) is 10.7 Å². The Morgan fingerprint density at radius 2 is 2.24 bits per heavy atom. The van der Waals surface area contributed by atoms with Crippen LogP contribution in [0.25, 0.3) is 10.7 Å². The molecule has 0 unspecified atom stereocenters. The maximum atomic E-state index is 11.5. The zero-order valence-corrected chi connectivity index (χ0v) is 10.5. The molecule has 0 spiro atoms. The van der Waals surface area contributed by atoms with Gasteiger partial charge in [-0.25, -0.2) is 14.8 Å². The van der Waals surface area contributed by atoms with Crippen LogP contribution in [0.4, 0.5) is 0 Å². The van der Waals surface area contributed by atoms with Crippen LogP contribution in [0.3, 0.4) is 0 Å². The van der Waals surface area contributed by atoms with E-state index in [-0.39, 0.29) is 0 Å². The topological polar surface area (TPSA) is 52.1 Å². The third kappa shape index (κ3) is 2.68. The Hall–Kier alpha value is -1.75. The van der Waals surface area contributed by atoms with Crippen LogP contribution in [0.2, 0.25) is 0 Å². The first-order valence-corrected chi connectivity index (χ1v) is 6.09. The van der Waals surface area contributed by atoms with Gasteiger partial charge in [0.15, 0.2) is 11.5 Å². The van der Waals surface area contributed by atoms with Gasteiger partial charge in [-0.05, 0) is 32.0 Å². The summed E-state index contributed by atoms with van der Waals surface area (Å²) >= 11 is 1.60. The SMILES string of the molecule is CCOC(=O)c1ccnc(-c2ccc(C)s2)n1. The molecule has 17 heavy (non-hydrogen) atoms. The van der Waals surface area contributed by atoms with Gasteiger partial charge in [0.1, 0.15) is 0 Å². The summed E-state index contributed by atoms with van der Waals surface area (Å²) in [5.74, 6) is 0.151. The Kier molecular flexibility index (Phi) is 3.49. The highest BCUT2D eigenvalue weighted by Crippen LogP contribution is 2.24. The maximum absolute atomic E-state index is 11.5. The Morgan fingerprint density at radius 3 is 2.88 bits per heavy atom. The summed E-state index contributed by atoms with van der Waals surface area (Å²) in [5, 5.41) is 0. The maximum Gasteiger partial charge on any atom is 0.357 e. The van der Waals surface area contributed by atoms with Crippen molar-refractivity contribution in [2.75, 3.05) is 6.61 Å². The van der Waals surface area contributed by atoms with Gasteiger partial charge >= 0.3 is 5.97 Å². The fourth-order valence-corrected chi connectivity index (χ4v) is 2.16. The molecule has 0 bridgehead atoms. The van der Waals surface area contributed by atoms with Gasteiger partial charge in [-0.15, -0.1) is 11.3 Å². The summed E-state index contributed by atoms with van der Waals surface area (Å²) in [7, 11) is 0. The fourth-order valence-electron chi connectivity index (χ4n) is 1.35. The number of thiophene rings is 1. The van der Waals surface area contributed by atoms with E-state index in [9.17, 15) is 4.79 Å². The van der Waals surface area contributed by atoms with E-state index in [1.54, 1.807) is 30.5 Å². The number of carbonyl (C=O) groups is 1. The second kappa shape index (κ2) is 5.05. The number of ether oxygens (including phenoxy) is 1. The van der Waals surface area contributed by atoms with Crippen LogP contribution in [0.15, 0.2) is 24.4 Å². The first kappa shape index (κ1) is 11.7. The third-order valence-electron chi connectivity index (χ3n) is 2.10. The first-order valence-electron chi connectivity index (χ1n) is 5.27. The highest BCUT2D eigenvalue weighted by molar-refractivity contribution is 7.15. The summed E-state index contributed by atoms with van der Waals surface area (Å²) in [4.78, 5) is 22.0. The molecule has 0 radical (unpaired) electrons. The van der Waals surface area contributed by atoms with Crippen LogP contribution in [-0.2, 0) is 4.74 Å². The van der Waals surface area contributed by atoms with E-state index in [1.165, 1.54) is 4.88 Å². The van der Waals surface area contributed by atoms with E-state index in [4.69, 9.17) is 4.74 Å². The van der Waals surface area contributed by atoms with Crippen LogP contribution in [0, 0.1) is 6.92 Å². The number of rotatable bonds is 3. The molecule has 0 N–H and O–H groups in total. The predicted octanol–water partition coefficient (Wildman–Crippen LogP) is 2.69. The molecule has 2 rings (SSSR count). The minimum atomic E-state index is -0.413. The lowest BCUT2D eigenvalue weighted by molar-refractivity contribution is 0.0519. The average Bonchev–Trinajstić information content (AvgIpc) is 2.76. The zero-order chi connectivity index (χ0) is 12.3. The van der Waals surface area contributed by atoms with E-state index in [2.05, 4.69) is 9.97 Å². The van der Waals surface area contributed by atoms with Crippen molar-refractivity contribution in [3.05, 3.63) is 35.0 Å². The number of hydrogen-bond donors (Lipinski definition) is 0. The molecule has 0 fully saturated rings. The summed E-state index contributed by atoms with van der Waals surface area (Å²) in [5.41, 5.74) is 0.294. The summed E-state index contributed by atoms with van der Waals surface area (Å²) < 4.78 is 4.90. The Balaban J connectivity index is 2.31. The van der Waals surface area contributed by atoms with Crippen LogP contribution in [0.1, 0.15) is 22.3 Å². The molecule has 0 aliphatic heterocycles. The molecular weight excluding hydrogens is 236 g/mol. The second-order valence-electron chi connectivity index (χ2n) is 3.40. The van der Waals surface area contributed by atoms with Gasteiger partial charge in [0.05, 0.1) is 11.5 Å². The highest BCUT2D eigenvalue weighted by Gasteiger charge is 2.11. The zero-order valence-electron chi connectivity index (χ0n) is 9.64. The van der Waals surface area contributed by atoms with Crippen LogP contribution in [0.5, 0.6) is 0 Å². The van der Waals surface area contributed by atoms with Crippen LogP contribution in [-0.4, -0.2) is 22.5 Å². The molecule has 2 aromatic heterocycles. The van der Waals surface area contributed by atoms with Crippen molar-refractivity contribution < 1.29 is 9.53 Å². The Morgan fingerprint density at radius 1 is 1.41 bits per heavy atom. The fraction of sp³-hybridized carbons (Fsp3) is 0.250. The van der Waals surface area contributed by atoms with Crippen LogP contribution < -0.4 is 0 Å². The lowest BCUT2D eigenvalue weighted by Crippen LogP contribution is -2.07. The molecular formula is C12H12N2O2S. The number of aromatic nitrogens is 2. The van der Waals surface area contributed by atoms with Crippen molar-refractivity contribution in [1.29, 1.82) is 0 Å². The Labute approximate surface area is 103 Å². The van der Waals surface area contributed by atoms with Gasteiger partial charge in [0.2, 0.25) is 0 Å². The van der Waals surface area contributed by atoms with Crippen LogP contribution >= 0.6 is 11.3 Å². The normalized spacial score (nSPS) is 10.2. The largest absolute Gasteiger partial charge is 0.461 e. The van der Waals surface area contributed by atoms with Gasteiger partial charge in [-0.2, -0.15) is 0 Å². The van der Waals surface area contributed by atoms with E-state index in [1.807, 2.05) is 19.1 Å². The lowest BCUT2D eigenvalue weighted by Gasteiger charge is -2.01. The first-order chi connectivity index (χ1) is 8.20. The molecule has 2 heterocycles. The highest BCUT2D eigenvalue weighted by atomic mass is 32.1. The van der Waals surface area contributed by atoms with Crippen molar-refractivity contribution in [1.82, 2.24) is 9.97 Å². The molecule has 0 aliphatic rings. The number of carbonyl (C=O) groups excluding carboxylic acids is 1. The van der Waals surface area contributed by atoms with Crippen molar-refractivity contribution in [2.45, 2.75) is 13.8 Å². The molecule has 0 aromatic carbocycles. The van der Waals surface area contributed by atoms with Gasteiger partial charge in [0, 0.05) is 11.1 Å². The summed E-state index contributed by atoms with van der Waals surface area (Å²) in [6, 6.07) is 5.51. The van der Waals surface area contributed by atoms with Crippen molar-refractivity contribution >= 4 is 17.3 Å².